The molecule has 0 spiro atoms. The number of hydrogen-bond acceptors (Lipinski definition) is 3. The fraction of sp³-hybridized carbons (Fsp3) is 0.222. The second kappa shape index (κ2) is 4.70. The minimum Gasteiger partial charge on any atom is -0.508 e. The number of hydrogen-bond donors (Lipinski definition) is 3. The number of carboxylic acid groups (broad SMARTS) is 1. The molecule has 0 bridgehead atoms. The highest BCUT2D eigenvalue weighted by Crippen LogP contribution is 2.32. The third kappa shape index (κ3) is 2.75. The van der Waals surface area contributed by atoms with Crippen molar-refractivity contribution in [3.8, 4) is 5.75 Å². The maximum Gasteiger partial charge on any atom is 0.322 e. The molecule has 0 aliphatic rings. The number of nitrogens with two attached hydrogens (primary N) is 1. The summed E-state index contributed by atoms with van der Waals surface area (Å²) in [5.41, 5.74) is 5.73. The molecule has 15 heavy (non-hydrogen) atoms. The van der Waals surface area contributed by atoms with Crippen LogP contribution < -0.4 is 5.73 Å². The Labute approximate surface area is 96.2 Å². The zero-order valence-electron chi connectivity index (χ0n) is 7.52. The molecule has 1 unspecified atom stereocenters. The van der Waals surface area contributed by atoms with E-state index < -0.39 is 17.4 Å². The Morgan fingerprint density at radius 1 is 1.47 bits per heavy atom. The first-order valence-electron chi connectivity index (χ1n) is 4.04. The highest BCUT2D eigenvalue weighted by atomic mass is 35.5. The fourth-order valence-electron chi connectivity index (χ4n) is 1.06. The molecule has 0 fully saturated rings. The molecule has 0 saturated heterocycles. The number of benzene rings is 1. The van der Waals surface area contributed by atoms with E-state index in [0.29, 0.717) is 5.56 Å². The molecule has 0 heterocycles. The van der Waals surface area contributed by atoms with Gasteiger partial charge >= 0.3 is 5.97 Å². The molecule has 82 valence electrons. The van der Waals surface area contributed by atoms with E-state index in [-0.39, 0.29) is 10.8 Å². The standard InChI is InChI=1S/C9H9Cl2NO3/c10-6-3-4(13)1-2-5(6)7(11)8(12)9(14)15/h1-3,7-8,13H,12H2,(H,14,15)/t7?,8-/m0/s1. The smallest absolute Gasteiger partial charge is 0.322 e. The van der Waals surface area contributed by atoms with Crippen molar-refractivity contribution < 1.29 is 15.0 Å². The zero-order valence-corrected chi connectivity index (χ0v) is 9.03. The monoisotopic (exact) mass is 249 g/mol. The Kier molecular flexibility index (Phi) is 3.79. The van der Waals surface area contributed by atoms with Crippen LogP contribution in [0.1, 0.15) is 10.9 Å². The number of alkyl halides is 1. The van der Waals surface area contributed by atoms with Crippen LogP contribution in [0.15, 0.2) is 18.2 Å². The summed E-state index contributed by atoms with van der Waals surface area (Å²) in [4.78, 5) is 10.6. The van der Waals surface area contributed by atoms with E-state index in [1.54, 1.807) is 0 Å². The summed E-state index contributed by atoms with van der Waals surface area (Å²) >= 11 is 11.6. The number of phenolic OH excluding ortho intramolecular Hbond substituents is 1. The number of phenols is 1. The predicted molar refractivity (Wildman–Crippen MR) is 57.3 cm³/mol. The first-order chi connectivity index (χ1) is 6.93. The molecule has 1 aromatic rings. The number of rotatable bonds is 3. The van der Waals surface area contributed by atoms with E-state index >= 15 is 0 Å². The van der Waals surface area contributed by atoms with E-state index in [1.165, 1.54) is 18.2 Å². The van der Waals surface area contributed by atoms with Gasteiger partial charge in [0.2, 0.25) is 0 Å². The highest BCUT2D eigenvalue weighted by Gasteiger charge is 2.25. The second-order valence-corrected chi connectivity index (χ2v) is 3.85. The lowest BCUT2D eigenvalue weighted by Gasteiger charge is -2.15. The lowest BCUT2D eigenvalue weighted by Crippen LogP contribution is -2.34. The molecule has 1 rings (SSSR count). The number of carboxylic acids is 1. The molecule has 0 saturated carbocycles. The molecule has 0 radical (unpaired) electrons. The summed E-state index contributed by atoms with van der Waals surface area (Å²) in [5.74, 6) is -1.23. The van der Waals surface area contributed by atoms with Crippen molar-refractivity contribution in [3.05, 3.63) is 28.8 Å². The molecule has 1 aromatic carbocycles. The minimum atomic E-state index is -1.24. The average molecular weight is 250 g/mol. The summed E-state index contributed by atoms with van der Waals surface area (Å²) in [5, 5.41) is 17.0. The van der Waals surface area contributed by atoms with Gasteiger partial charge in [0.1, 0.15) is 11.8 Å². The second-order valence-electron chi connectivity index (χ2n) is 2.97. The van der Waals surface area contributed by atoms with Gasteiger partial charge in [0.15, 0.2) is 0 Å². The van der Waals surface area contributed by atoms with Crippen LogP contribution in [-0.2, 0) is 4.79 Å². The van der Waals surface area contributed by atoms with Gasteiger partial charge in [-0.25, -0.2) is 0 Å². The van der Waals surface area contributed by atoms with Crippen molar-refractivity contribution >= 4 is 29.2 Å². The molecule has 6 heteroatoms. The lowest BCUT2D eigenvalue weighted by molar-refractivity contribution is -0.138. The van der Waals surface area contributed by atoms with Gasteiger partial charge in [0, 0.05) is 5.02 Å². The van der Waals surface area contributed by atoms with Crippen LogP contribution in [0.5, 0.6) is 5.75 Å². The number of halogens is 2. The summed E-state index contributed by atoms with van der Waals surface area (Å²) in [7, 11) is 0. The molecular weight excluding hydrogens is 241 g/mol. The van der Waals surface area contributed by atoms with E-state index in [2.05, 4.69) is 0 Å². The van der Waals surface area contributed by atoms with Crippen molar-refractivity contribution in [1.82, 2.24) is 0 Å². The highest BCUT2D eigenvalue weighted by molar-refractivity contribution is 6.33. The normalized spacial score (nSPS) is 14.6. The quantitative estimate of drug-likeness (QED) is 0.713. The third-order valence-electron chi connectivity index (χ3n) is 1.88. The molecular formula is C9H9Cl2NO3. The topological polar surface area (TPSA) is 83.6 Å². The van der Waals surface area contributed by atoms with Crippen molar-refractivity contribution in [2.24, 2.45) is 5.73 Å². The SMILES string of the molecule is N[C@H](C(=O)O)C(Cl)c1ccc(O)cc1Cl. The molecule has 0 amide bonds. The minimum absolute atomic E-state index is 0.0171. The van der Waals surface area contributed by atoms with Gasteiger partial charge in [-0.2, -0.15) is 0 Å². The summed E-state index contributed by atoms with van der Waals surface area (Å²) in [6, 6.07) is 2.85. The van der Waals surface area contributed by atoms with Gasteiger partial charge in [-0.3, -0.25) is 4.79 Å². The van der Waals surface area contributed by atoms with Crippen LogP contribution in [0.25, 0.3) is 0 Å². The maximum atomic E-state index is 10.6. The van der Waals surface area contributed by atoms with Crippen molar-refractivity contribution in [2.45, 2.75) is 11.4 Å². The number of carbonyl (C=O) groups is 1. The number of aromatic hydroxyl groups is 1. The Morgan fingerprint density at radius 3 is 2.53 bits per heavy atom. The average Bonchev–Trinajstić information content (AvgIpc) is 2.15. The van der Waals surface area contributed by atoms with Crippen molar-refractivity contribution in [3.63, 3.8) is 0 Å². The first kappa shape index (κ1) is 12.1. The van der Waals surface area contributed by atoms with Crippen LogP contribution in [0.2, 0.25) is 5.02 Å². The van der Waals surface area contributed by atoms with Gasteiger partial charge in [0.25, 0.3) is 0 Å². The molecule has 0 aliphatic carbocycles. The Morgan fingerprint density at radius 2 is 2.07 bits per heavy atom. The fourth-order valence-corrected chi connectivity index (χ4v) is 1.70. The van der Waals surface area contributed by atoms with Crippen molar-refractivity contribution in [1.29, 1.82) is 0 Å². The predicted octanol–water partition coefficient (Wildman–Crippen LogP) is 1.74. The van der Waals surface area contributed by atoms with Gasteiger partial charge in [-0.15, -0.1) is 11.6 Å². The molecule has 4 nitrogen and oxygen atoms in total. The van der Waals surface area contributed by atoms with E-state index in [4.69, 9.17) is 39.1 Å². The van der Waals surface area contributed by atoms with E-state index in [9.17, 15) is 4.79 Å². The summed E-state index contributed by atoms with van der Waals surface area (Å²) < 4.78 is 0. The van der Waals surface area contributed by atoms with Crippen LogP contribution in [0, 0.1) is 0 Å². The Bertz CT molecular complexity index is 384. The van der Waals surface area contributed by atoms with E-state index in [1.807, 2.05) is 0 Å². The van der Waals surface area contributed by atoms with Gasteiger partial charge in [-0.1, -0.05) is 17.7 Å². The molecule has 2 atom stereocenters. The molecule has 4 N–H and O–H groups in total. The van der Waals surface area contributed by atoms with Crippen LogP contribution >= 0.6 is 23.2 Å². The zero-order chi connectivity index (χ0) is 11.6. The number of aliphatic carboxylic acids is 1. The maximum absolute atomic E-state index is 10.6. The van der Waals surface area contributed by atoms with E-state index in [0.717, 1.165) is 0 Å². The van der Waals surface area contributed by atoms with Crippen molar-refractivity contribution in [2.75, 3.05) is 0 Å². The molecule has 0 aliphatic heterocycles. The lowest BCUT2D eigenvalue weighted by atomic mass is 10.1. The van der Waals surface area contributed by atoms with Crippen LogP contribution in [0.4, 0.5) is 0 Å². The molecule has 0 aromatic heterocycles. The van der Waals surface area contributed by atoms with Gasteiger partial charge in [0.05, 0.1) is 5.38 Å². The third-order valence-corrected chi connectivity index (χ3v) is 2.72. The largest absolute Gasteiger partial charge is 0.508 e. The Hall–Kier alpha value is -0.970. The first-order valence-corrected chi connectivity index (χ1v) is 4.85. The van der Waals surface area contributed by atoms with Gasteiger partial charge < -0.3 is 15.9 Å². The van der Waals surface area contributed by atoms with Gasteiger partial charge in [-0.05, 0) is 17.7 Å². The van der Waals surface area contributed by atoms with Crippen LogP contribution in [0.3, 0.4) is 0 Å². The summed E-state index contributed by atoms with van der Waals surface area (Å²) in [6.07, 6.45) is 0. The van der Waals surface area contributed by atoms with Crippen LogP contribution in [-0.4, -0.2) is 22.2 Å². The summed E-state index contributed by atoms with van der Waals surface area (Å²) in [6.45, 7) is 0. The Balaban J connectivity index is 3.01.